The molecule has 0 aromatic heterocycles. The molecule has 3 aromatic carbocycles. The van der Waals surface area contributed by atoms with Gasteiger partial charge < -0.3 is 4.84 Å². The van der Waals surface area contributed by atoms with Crippen LogP contribution in [0.1, 0.15) is 38.2 Å². The summed E-state index contributed by atoms with van der Waals surface area (Å²) in [6, 6.07) is 23.1. The average molecular weight is 343 g/mol. The summed E-state index contributed by atoms with van der Waals surface area (Å²) in [6.07, 6.45) is 1.63. The summed E-state index contributed by atoms with van der Waals surface area (Å²) in [7, 11) is 0. The third kappa shape index (κ3) is 4.25. The molecule has 0 N–H and O–H groups in total. The number of carbonyl (C=O) groups is 1. The Hall–Kier alpha value is -3.20. The van der Waals surface area contributed by atoms with Gasteiger partial charge in [0.1, 0.15) is 6.61 Å². The fourth-order valence-corrected chi connectivity index (χ4v) is 2.86. The Morgan fingerprint density at radius 1 is 0.962 bits per heavy atom. The molecule has 0 saturated heterocycles. The lowest BCUT2D eigenvalue weighted by Crippen LogP contribution is -2.07. The first-order chi connectivity index (χ1) is 12.6. The maximum absolute atomic E-state index is 12.9. The van der Waals surface area contributed by atoms with Crippen molar-refractivity contribution < 1.29 is 9.63 Å². The van der Waals surface area contributed by atoms with Crippen LogP contribution >= 0.6 is 0 Å². The van der Waals surface area contributed by atoms with Gasteiger partial charge in [-0.15, -0.1) is 0 Å². The van der Waals surface area contributed by atoms with E-state index in [-0.39, 0.29) is 5.78 Å². The maximum atomic E-state index is 12.9. The van der Waals surface area contributed by atoms with E-state index < -0.39 is 0 Å². The summed E-state index contributed by atoms with van der Waals surface area (Å²) >= 11 is 0. The number of nitrogens with zero attached hydrogens (tertiary/aromatic N) is 1. The molecule has 0 fully saturated rings. The SMILES string of the molecule is Cc1cc(C)c(/C=N/OCc2ccccc2)c(C(=O)c2ccccc2)c1. The van der Waals surface area contributed by atoms with Crippen LogP contribution in [-0.4, -0.2) is 12.0 Å². The Morgan fingerprint density at radius 3 is 2.31 bits per heavy atom. The first-order valence-corrected chi connectivity index (χ1v) is 8.55. The van der Waals surface area contributed by atoms with Crippen molar-refractivity contribution in [1.29, 1.82) is 0 Å². The number of aryl methyl sites for hydroxylation is 2. The van der Waals surface area contributed by atoms with Gasteiger partial charge in [0.15, 0.2) is 5.78 Å². The van der Waals surface area contributed by atoms with Crippen LogP contribution in [0.2, 0.25) is 0 Å². The molecule has 0 atom stereocenters. The molecule has 0 bridgehead atoms. The minimum atomic E-state index is -0.0121. The molecule has 0 spiro atoms. The quantitative estimate of drug-likeness (QED) is 0.355. The lowest BCUT2D eigenvalue weighted by molar-refractivity contribution is 0.103. The van der Waals surface area contributed by atoms with E-state index in [0.29, 0.717) is 17.7 Å². The molecule has 0 radical (unpaired) electrons. The number of rotatable bonds is 6. The zero-order chi connectivity index (χ0) is 18.4. The van der Waals surface area contributed by atoms with Gasteiger partial charge >= 0.3 is 0 Å². The van der Waals surface area contributed by atoms with Crippen molar-refractivity contribution in [3.8, 4) is 0 Å². The van der Waals surface area contributed by atoms with Gasteiger partial charge in [-0.05, 0) is 31.0 Å². The molecule has 3 aromatic rings. The fourth-order valence-electron chi connectivity index (χ4n) is 2.86. The van der Waals surface area contributed by atoms with Gasteiger partial charge in [0.05, 0.1) is 6.21 Å². The Kier molecular flexibility index (Phi) is 5.59. The van der Waals surface area contributed by atoms with Crippen LogP contribution in [0, 0.1) is 13.8 Å². The smallest absolute Gasteiger partial charge is 0.193 e. The highest BCUT2D eigenvalue weighted by Gasteiger charge is 2.15. The van der Waals surface area contributed by atoms with Crippen LogP contribution in [0.4, 0.5) is 0 Å². The van der Waals surface area contributed by atoms with E-state index in [2.05, 4.69) is 5.16 Å². The van der Waals surface area contributed by atoms with E-state index in [0.717, 1.165) is 22.3 Å². The van der Waals surface area contributed by atoms with E-state index >= 15 is 0 Å². The molecule has 3 nitrogen and oxygen atoms in total. The molecule has 130 valence electrons. The van der Waals surface area contributed by atoms with Crippen molar-refractivity contribution in [2.45, 2.75) is 20.5 Å². The highest BCUT2D eigenvalue weighted by atomic mass is 16.6. The van der Waals surface area contributed by atoms with Gasteiger partial charge in [-0.1, -0.05) is 77.4 Å². The van der Waals surface area contributed by atoms with Crippen LogP contribution in [0.15, 0.2) is 78.0 Å². The van der Waals surface area contributed by atoms with Crippen LogP contribution in [0.3, 0.4) is 0 Å². The molecule has 0 aliphatic heterocycles. The number of oxime groups is 1. The van der Waals surface area contributed by atoms with Crippen LogP contribution < -0.4 is 0 Å². The molecule has 0 aliphatic carbocycles. The standard InChI is InChI=1S/C23H21NO2/c1-17-13-18(2)22(15-24-26-16-19-9-5-3-6-10-19)21(14-17)23(25)20-11-7-4-8-12-20/h3-15H,16H2,1-2H3/b24-15+. The number of benzene rings is 3. The number of hydrogen-bond acceptors (Lipinski definition) is 3. The van der Waals surface area contributed by atoms with E-state index in [9.17, 15) is 4.79 Å². The van der Waals surface area contributed by atoms with Crippen molar-refractivity contribution >= 4 is 12.0 Å². The lowest BCUT2D eigenvalue weighted by atomic mass is 9.94. The van der Waals surface area contributed by atoms with Crippen molar-refractivity contribution in [2.75, 3.05) is 0 Å². The van der Waals surface area contributed by atoms with E-state index in [4.69, 9.17) is 4.84 Å². The molecule has 0 saturated carbocycles. The van der Waals surface area contributed by atoms with Crippen molar-refractivity contribution in [2.24, 2.45) is 5.16 Å². The number of ketones is 1. The molecular weight excluding hydrogens is 322 g/mol. The summed E-state index contributed by atoms with van der Waals surface area (Å²) < 4.78 is 0. The maximum Gasteiger partial charge on any atom is 0.193 e. The Bertz CT molecular complexity index is 916. The predicted octanol–water partition coefficient (Wildman–Crippen LogP) is 5.09. The van der Waals surface area contributed by atoms with E-state index in [1.54, 1.807) is 6.21 Å². The number of carbonyl (C=O) groups excluding carboxylic acids is 1. The van der Waals surface area contributed by atoms with Crippen molar-refractivity contribution in [3.63, 3.8) is 0 Å². The molecule has 3 rings (SSSR count). The van der Waals surface area contributed by atoms with E-state index in [1.807, 2.05) is 86.6 Å². The summed E-state index contributed by atoms with van der Waals surface area (Å²) in [6.45, 7) is 4.36. The molecule has 0 unspecified atom stereocenters. The zero-order valence-corrected chi connectivity index (χ0v) is 15.0. The highest BCUT2D eigenvalue weighted by molar-refractivity contribution is 6.13. The summed E-state index contributed by atoms with van der Waals surface area (Å²) in [5.41, 5.74) is 5.18. The lowest BCUT2D eigenvalue weighted by Gasteiger charge is -2.10. The normalized spacial score (nSPS) is 10.8. The van der Waals surface area contributed by atoms with Crippen LogP contribution in [0.5, 0.6) is 0 Å². The van der Waals surface area contributed by atoms with Crippen LogP contribution in [-0.2, 0) is 11.4 Å². The van der Waals surface area contributed by atoms with E-state index in [1.165, 1.54) is 0 Å². The third-order valence-corrected chi connectivity index (χ3v) is 4.14. The van der Waals surface area contributed by atoms with Gasteiger partial charge in [-0.25, -0.2) is 0 Å². The summed E-state index contributed by atoms with van der Waals surface area (Å²) in [4.78, 5) is 18.3. The topological polar surface area (TPSA) is 38.7 Å². The predicted molar refractivity (Wildman–Crippen MR) is 105 cm³/mol. The summed E-state index contributed by atoms with van der Waals surface area (Å²) in [5.74, 6) is -0.0121. The van der Waals surface area contributed by atoms with Gasteiger partial charge in [0.25, 0.3) is 0 Å². The average Bonchev–Trinajstić information content (AvgIpc) is 2.67. The Balaban J connectivity index is 1.84. The van der Waals surface area contributed by atoms with Gasteiger partial charge in [-0.2, -0.15) is 0 Å². The molecule has 26 heavy (non-hydrogen) atoms. The highest BCUT2D eigenvalue weighted by Crippen LogP contribution is 2.19. The van der Waals surface area contributed by atoms with Crippen LogP contribution in [0.25, 0.3) is 0 Å². The van der Waals surface area contributed by atoms with Gasteiger partial charge in [0, 0.05) is 16.7 Å². The minimum Gasteiger partial charge on any atom is -0.391 e. The zero-order valence-electron chi connectivity index (χ0n) is 15.0. The molecule has 3 heteroatoms. The van der Waals surface area contributed by atoms with Crippen molar-refractivity contribution in [1.82, 2.24) is 0 Å². The second-order valence-corrected chi connectivity index (χ2v) is 6.23. The minimum absolute atomic E-state index is 0.0121. The summed E-state index contributed by atoms with van der Waals surface area (Å²) in [5, 5.41) is 4.09. The van der Waals surface area contributed by atoms with Gasteiger partial charge in [0.2, 0.25) is 0 Å². The monoisotopic (exact) mass is 343 g/mol. The molecular formula is C23H21NO2. The second-order valence-electron chi connectivity index (χ2n) is 6.23. The Labute approximate surface area is 153 Å². The fraction of sp³-hybridized carbons (Fsp3) is 0.130. The molecule has 0 heterocycles. The van der Waals surface area contributed by atoms with Crippen molar-refractivity contribution in [3.05, 3.63) is 106 Å². The largest absolute Gasteiger partial charge is 0.391 e. The molecule has 0 amide bonds. The third-order valence-electron chi connectivity index (χ3n) is 4.14. The second kappa shape index (κ2) is 8.26. The van der Waals surface area contributed by atoms with Gasteiger partial charge in [-0.3, -0.25) is 4.79 Å². The first-order valence-electron chi connectivity index (χ1n) is 8.55. The first kappa shape index (κ1) is 17.6. The molecule has 0 aliphatic rings. The number of hydrogen-bond donors (Lipinski definition) is 0. The Morgan fingerprint density at radius 2 is 1.62 bits per heavy atom.